The van der Waals surface area contributed by atoms with E-state index in [4.69, 9.17) is 4.74 Å². The van der Waals surface area contributed by atoms with Crippen LogP contribution in [0, 0.1) is 0 Å². The van der Waals surface area contributed by atoms with E-state index < -0.39 is 0 Å². The molecule has 0 aromatic carbocycles. The quantitative estimate of drug-likeness (QED) is 0.744. The first-order valence-electron chi connectivity index (χ1n) is 5.68. The topological polar surface area (TPSA) is 35.0 Å². The lowest BCUT2D eigenvalue weighted by atomic mass is 10.0. The molecule has 1 aromatic rings. The van der Waals surface area contributed by atoms with Crippen LogP contribution in [0.15, 0.2) is 0 Å². The summed E-state index contributed by atoms with van der Waals surface area (Å²) in [6, 6.07) is 0. The molecule has 0 fully saturated rings. The third-order valence-electron chi connectivity index (χ3n) is 2.78. The fourth-order valence-corrected chi connectivity index (χ4v) is 1.87. The molecule has 3 nitrogen and oxygen atoms in total. The van der Waals surface area contributed by atoms with Crippen LogP contribution >= 0.6 is 0 Å². The summed E-state index contributed by atoms with van der Waals surface area (Å²) in [5.74, 6) is 1.39. The molecule has 1 aliphatic heterocycles. The van der Waals surface area contributed by atoms with Gasteiger partial charge in [0.05, 0.1) is 18.9 Å². The zero-order chi connectivity index (χ0) is 10.8. The van der Waals surface area contributed by atoms with Gasteiger partial charge in [-0.05, 0) is 6.42 Å². The maximum Gasteiger partial charge on any atom is 0.131 e. The van der Waals surface area contributed by atoms with Crippen molar-refractivity contribution in [1.29, 1.82) is 0 Å². The molecule has 0 amide bonds. The van der Waals surface area contributed by atoms with E-state index in [-0.39, 0.29) is 0 Å². The van der Waals surface area contributed by atoms with Crippen LogP contribution in [0.3, 0.4) is 0 Å². The molecule has 0 bridgehead atoms. The van der Waals surface area contributed by atoms with Gasteiger partial charge in [0.15, 0.2) is 0 Å². The summed E-state index contributed by atoms with van der Waals surface area (Å²) in [7, 11) is 0. The fraction of sp³-hybridized carbons (Fsp3) is 0.667. The number of aryl methyl sites for hydroxylation is 1. The van der Waals surface area contributed by atoms with Crippen molar-refractivity contribution in [2.24, 2.45) is 0 Å². The highest BCUT2D eigenvalue weighted by molar-refractivity contribution is 5.27. The van der Waals surface area contributed by atoms with E-state index >= 15 is 0 Å². The van der Waals surface area contributed by atoms with E-state index in [1.165, 1.54) is 17.0 Å². The molecule has 0 aliphatic carbocycles. The highest BCUT2D eigenvalue weighted by Crippen LogP contribution is 2.21. The zero-order valence-electron chi connectivity index (χ0n) is 9.71. The molecule has 0 N–H and O–H groups in total. The van der Waals surface area contributed by atoms with Gasteiger partial charge in [0, 0.05) is 23.6 Å². The molecular formula is C12H18N2O. The van der Waals surface area contributed by atoms with E-state index in [2.05, 4.69) is 30.7 Å². The van der Waals surface area contributed by atoms with Crippen LogP contribution in [-0.2, 0) is 24.2 Å². The van der Waals surface area contributed by atoms with E-state index in [9.17, 15) is 0 Å². The third kappa shape index (κ3) is 2.02. The molecule has 82 valence electrons. The molecule has 0 saturated carbocycles. The minimum absolute atomic E-state index is 0.406. The van der Waals surface area contributed by atoms with Gasteiger partial charge >= 0.3 is 0 Å². The lowest BCUT2D eigenvalue weighted by Crippen LogP contribution is -2.17. The van der Waals surface area contributed by atoms with Crippen molar-refractivity contribution < 1.29 is 4.74 Å². The third-order valence-corrected chi connectivity index (χ3v) is 2.78. The van der Waals surface area contributed by atoms with Crippen molar-refractivity contribution in [3.63, 3.8) is 0 Å². The largest absolute Gasteiger partial charge is 0.376 e. The first kappa shape index (κ1) is 10.6. The van der Waals surface area contributed by atoms with Crippen LogP contribution in [0.5, 0.6) is 0 Å². The second kappa shape index (κ2) is 4.27. The van der Waals surface area contributed by atoms with Crippen LogP contribution in [0.2, 0.25) is 0 Å². The van der Waals surface area contributed by atoms with Crippen LogP contribution in [0.1, 0.15) is 49.5 Å². The Labute approximate surface area is 90.9 Å². The number of hydrogen-bond acceptors (Lipinski definition) is 3. The molecule has 1 aromatic heterocycles. The zero-order valence-corrected chi connectivity index (χ0v) is 9.71. The first-order valence-corrected chi connectivity index (χ1v) is 5.68. The minimum atomic E-state index is 0.406. The van der Waals surface area contributed by atoms with Gasteiger partial charge in [-0.25, -0.2) is 9.97 Å². The van der Waals surface area contributed by atoms with E-state index in [1.807, 2.05) is 0 Å². The lowest BCUT2D eigenvalue weighted by molar-refractivity contribution is 0.108. The van der Waals surface area contributed by atoms with Gasteiger partial charge < -0.3 is 4.74 Å². The number of hydrogen-bond donors (Lipinski definition) is 0. The highest BCUT2D eigenvalue weighted by Gasteiger charge is 2.17. The Balaban J connectivity index is 2.48. The Morgan fingerprint density at radius 1 is 1.33 bits per heavy atom. The van der Waals surface area contributed by atoms with Crippen LogP contribution in [-0.4, -0.2) is 16.6 Å². The standard InChI is InChI=1S/C12H18N2O/c1-4-10-9-7-15-6-5-11(9)14-12(13-10)8(2)3/h8H,4-7H2,1-3H3. The average Bonchev–Trinajstić information content (AvgIpc) is 2.27. The van der Waals surface area contributed by atoms with Gasteiger partial charge in [-0.3, -0.25) is 0 Å². The number of nitrogens with zero attached hydrogens (tertiary/aromatic N) is 2. The summed E-state index contributed by atoms with van der Waals surface area (Å²) < 4.78 is 5.46. The van der Waals surface area contributed by atoms with Crippen LogP contribution in [0.25, 0.3) is 0 Å². The second-order valence-electron chi connectivity index (χ2n) is 4.26. The maximum atomic E-state index is 5.46. The SMILES string of the molecule is CCc1nc(C(C)C)nc2c1COCC2. The Kier molecular flexibility index (Phi) is 3.00. The molecule has 0 radical (unpaired) electrons. The summed E-state index contributed by atoms with van der Waals surface area (Å²) in [5, 5.41) is 0. The molecule has 1 aliphatic rings. The minimum Gasteiger partial charge on any atom is -0.376 e. The molecule has 0 atom stereocenters. The van der Waals surface area contributed by atoms with Gasteiger partial charge in [-0.15, -0.1) is 0 Å². The van der Waals surface area contributed by atoms with Crippen LogP contribution in [0.4, 0.5) is 0 Å². The molecule has 2 rings (SSSR count). The van der Waals surface area contributed by atoms with E-state index in [0.29, 0.717) is 12.5 Å². The molecule has 3 heteroatoms. The molecular weight excluding hydrogens is 188 g/mol. The second-order valence-corrected chi connectivity index (χ2v) is 4.26. The monoisotopic (exact) mass is 206 g/mol. The molecule has 2 heterocycles. The Morgan fingerprint density at radius 3 is 2.80 bits per heavy atom. The first-order chi connectivity index (χ1) is 7.22. The summed E-state index contributed by atoms with van der Waals surface area (Å²) in [6.07, 6.45) is 1.90. The number of aromatic nitrogens is 2. The molecule has 0 spiro atoms. The van der Waals surface area contributed by atoms with Gasteiger partial charge in [-0.1, -0.05) is 20.8 Å². The summed E-state index contributed by atoms with van der Waals surface area (Å²) >= 11 is 0. The van der Waals surface area contributed by atoms with Gasteiger partial charge in [0.1, 0.15) is 5.82 Å². The summed E-state index contributed by atoms with van der Waals surface area (Å²) in [6.45, 7) is 7.91. The smallest absolute Gasteiger partial charge is 0.131 e. The predicted octanol–water partition coefficient (Wildman–Crippen LogP) is 2.24. The van der Waals surface area contributed by atoms with Gasteiger partial charge in [-0.2, -0.15) is 0 Å². The average molecular weight is 206 g/mol. The molecule has 0 saturated heterocycles. The molecule has 15 heavy (non-hydrogen) atoms. The van der Waals surface area contributed by atoms with Crippen molar-refractivity contribution in [1.82, 2.24) is 9.97 Å². The Hall–Kier alpha value is -0.960. The summed E-state index contributed by atoms with van der Waals surface area (Å²) in [4.78, 5) is 9.24. The van der Waals surface area contributed by atoms with Gasteiger partial charge in [0.25, 0.3) is 0 Å². The molecule has 0 unspecified atom stereocenters. The fourth-order valence-electron chi connectivity index (χ4n) is 1.87. The Morgan fingerprint density at radius 2 is 2.13 bits per heavy atom. The van der Waals surface area contributed by atoms with E-state index in [0.717, 1.165) is 25.3 Å². The van der Waals surface area contributed by atoms with Crippen molar-refractivity contribution in [2.75, 3.05) is 6.61 Å². The summed E-state index contributed by atoms with van der Waals surface area (Å²) in [5.41, 5.74) is 3.60. The van der Waals surface area contributed by atoms with Crippen molar-refractivity contribution in [3.8, 4) is 0 Å². The van der Waals surface area contributed by atoms with Crippen molar-refractivity contribution >= 4 is 0 Å². The lowest BCUT2D eigenvalue weighted by Gasteiger charge is -2.19. The maximum absolute atomic E-state index is 5.46. The predicted molar refractivity (Wildman–Crippen MR) is 58.9 cm³/mol. The number of fused-ring (bicyclic) bond motifs is 1. The number of ether oxygens (including phenoxy) is 1. The highest BCUT2D eigenvalue weighted by atomic mass is 16.5. The van der Waals surface area contributed by atoms with Crippen molar-refractivity contribution in [2.45, 2.75) is 46.1 Å². The van der Waals surface area contributed by atoms with Gasteiger partial charge in [0.2, 0.25) is 0 Å². The number of rotatable bonds is 2. The van der Waals surface area contributed by atoms with Crippen molar-refractivity contribution in [3.05, 3.63) is 22.8 Å². The van der Waals surface area contributed by atoms with E-state index in [1.54, 1.807) is 0 Å². The van der Waals surface area contributed by atoms with Crippen LogP contribution < -0.4 is 0 Å². The Bertz CT molecular complexity index is 344. The normalized spacial score (nSPS) is 15.5.